The summed E-state index contributed by atoms with van der Waals surface area (Å²) in [6, 6.07) is 18.5. The normalized spacial score (nSPS) is 15.4. The first-order valence-corrected chi connectivity index (χ1v) is 9.69. The molecule has 1 atom stereocenters. The van der Waals surface area contributed by atoms with Crippen LogP contribution in [-0.2, 0) is 13.0 Å². The van der Waals surface area contributed by atoms with Crippen molar-refractivity contribution in [3.8, 4) is 0 Å². The van der Waals surface area contributed by atoms with Gasteiger partial charge in [0.1, 0.15) is 0 Å². The van der Waals surface area contributed by atoms with Gasteiger partial charge in [-0.2, -0.15) is 0 Å². The Balaban J connectivity index is 1.53. The van der Waals surface area contributed by atoms with Crippen molar-refractivity contribution in [2.75, 3.05) is 16.3 Å². The van der Waals surface area contributed by atoms with Crippen molar-refractivity contribution in [1.29, 1.82) is 0 Å². The zero-order valence-electron chi connectivity index (χ0n) is 16.2. The summed E-state index contributed by atoms with van der Waals surface area (Å²) in [6.45, 7) is 5.68. The number of carbonyl (C=O) groups is 1. The summed E-state index contributed by atoms with van der Waals surface area (Å²) in [5, 5.41) is 0. The molecule has 0 bridgehead atoms. The van der Waals surface area contributed by atoms with Crippen LogP contribution in [0.15, 0.2) is 67.0 Å². The lowest BCUT2D eigenvalue weighted by Gasteiger charge is -2.23. The Labute approximate surface area is 165 Å². The van der Waals surface area contributed by atoms with Crippen LogP contribution in [0.4, 0.5) is 11.6 Å². The van der Waals surface area contributed by atoms with E-state index < -0.39 is 0 Å². The predicted octanol–water partition coefficient (Wildman–Crippen LogP) is 4.09. The van der Waals surface area contributed by atoms with Crippen LogP contribution in [0, 0.1) is 0 Å². The minimum absolute atomic E-state index is 0.0462. The van der Waals surface area contributed by atoms with Gasteiger partial charge in [-0.3, -0.25) is 4.79 Å². The van der Waals surface area contributed by atoms with E-state index in [9.17, 15) is 4.79 Å². The summed E-state index contributed by atoms with van der Waals surface area (Å²) in [4.78, 5) is 26.0. The van der Waals surface area contributed by atoms with E-state index in [1.165, 1.54) is 11.1 Å². The molecule has 2 heterocycles. The molecule has 2 aromatic carbocycles. The topological polar surface area (TPSA) is 49.3 Å². The Morgan fingerprint density at radius 1 is 1.07 bits per heavy atom. The predicted molar refractivity (Wildman–Crippen MR) is 112 cm³/mol. The van der Waals surface area contributed by atoms with Gasteiger partial charge in [-0.05, 0) is 37.5 Å². The van der Waals surface area contributed by atoms with Crippen LogP contribution in [0.2, 0.25) is 0 Å². The third-order valence-corrected chi connectivity index (χ3v) is 5.19. The van der Waals surface area contributed by atoms with Gasteiger partial charge in [0.15, 0.2) is 0 Å². The van der Waals surface area contributed by atoms with Gasteiger partial charge in [0.2, 0.25) is 5.95 Å². The lowest BCUT2D eigenvalue weighted by molar-refractivity contribution is 0.0981. The number of fused-ring (bicyclic) bond motifs is 1. The van der Waals surface area contributed by atoms with Crippen LogP contribution < -0.4 is 9.80 Å². The maximum absolute atomic E-state index is 13.1. The van der Waals surface area contributed by atoms with E-state index in [2.05, 4.69) is 46.9 Å². The Bertz CT molecular complexity index is 956. The summed E-state index contributed by atoms with van der Waals surface area (Å²) in [6.07, 6.45) is 4.17. The Hall–Kier alpha value is -3.21. The zero-order valence-corrected chi connectivity index (χ0v) is 16.2. The molecule has 0 radical (unpaired) electrons. The van der Waals surface area contributed by atoms with Crippen molar-refractivity contribution in [1.82, 2.24) is 9.97 Å². The van der Waals surface area contributed by atoms with Crippen molar-refractivity contribution in [3.63, 3.8) is 0 Å². The molecule has 0 spiro atoms. The lowest BCUT2D eigenvalue weighted by Crippen LogP contribution is -2.36. The highest BCUT2D eigenvalue weighted by Crippen LogP contribution is 2.32. The summed E-state index contributed by atoms with van der Waals surface area (Å²) in [7, 11) is 0. The molecule has 0 aliphatic carbocycles. The van der Waals surface area contributed by atoms with Crippen LogP contribution >= 0.6 is 0 Å². The number of anilines is 2. The van der Waals surface area contributed by atoms with Gasteiger partial charge in [0.05, 0.1) is 5.56 Å². The molecule has 0 saturated carbocycles. The fraction of sp³-hybridized carbons (Fsp3) is 0.261. The third-order valence-electron chi connectivity index (χ3n) is 5.19. The fourth-order valence-corrected chi connectivity index (χ4v) is 3.74. The van der Waals surface area contributed by atoms with Crippen LogP contribution in [0.3, 0.4) is 0 Å². The van der Waals surface area contributed by atoms with Gasteiger partial charge in [-0.1, -0.05) is 48.5 Å². The Morgan fingerprint density at radius 3 is 2.46 bits per heavy atom. The summed E-state index contributed by atoms with van der Waals surface area (Å²) in [5.74, 6) is 0.591. The molecule has 1 aromatic heterocycles. The molecule has 1 aliphatic rings. The average Bonchev–Trinajstić information content (AvgIpc) is 3.08. The molecule has 5 nitrogen and oxygen atoms in total. The van der Waals surface area contributed by atoms with Gasteiger partial charge in [-0.15, -0.1) is 0 Å². The maximum atomic E-state index is 13.1. The highest BCUT2D eigenvalue weighted by Gasteiger charge is 2.31. The van der Waals surface area contributed by atoms with Gasteiger partial charge < -0.3 is 9.80 Å². The molecule has 28 heavy (non-hydrogen) atoms. The molecule has 3 aromatic rings. The first kappa shape index (κ1) is 18.2. The number of hydrogen-bond donors (Lipinski definition) is 0. The Kier molecular flexibility index (Phi) is 5.06. The van der Waals surface area contributed by atoms with E-state index in [4.69, 9.17) is 0 Å². The first-order chi connectivity index (χ1) is 13.7. The van der Waals surface area contributed by atoms with Crippen molar-refractivity contribution in [2.45, 2.75) is 32.9 Å². The molecule has 1 aliphatic heterocycles. The Morgan fingerprint density at radius 2 is 1.75 bits per heavy atom. The van der Waals surface area contributed by atoms with E-state index >= 15 is 0 Å². The summed E-state index contributed by atoms with van der Waals surface area (Å²) < 4.78 is 0. The molecule has 4 rings (SSSR count). The van der Waals surface area contributed by atoms with Gasteiger partial charge in [0.25, 0.3) is 5.91 Å². The number of amides is 1. The molecular formula is C23H24N4O. The molecule has 0 N–H and O–H groups in total. The number of carbonyl (C=O) groups excluding carboxylic acids is 1. The monoisotopic (exact) mass is 372 g/mol. The number of nitrogens with zero attached hydrogens (tertiary/aromatic N) is 4. The number of rotatable bonds is 5. The number of para-hydroxylation sites is 1. The number of hydrogen-bond acceptors (Lipinski definition) is 4. The van der Waals surface area contributed by atoms with Crippen molar-refractivity contribution in [3.05, 3.63) is 83.7 Å². The minimum Gasteiger partial charge on any atom is -0.337 e. The summed E-state index contributed by atoms with van der Waals surface area (Å²) >= 11 is 0. The average molecular weight is 372 g/mol. The highest BCUT2D eigenvalue weighted by atomic mass is 16.2. The molecule has 5 heteroatoms. The van der Waals surface area contributed by atoms with Crippen LogP contribution in [0.5, 0.6) is 0 Å². The van der Waals surface area contributed by atoms with E-state index in [-0.39, 0.29) is 11.9 Å². The standard InChI is InChI=1S/C23H24N4O/c1-3-26(16-18-9-5-4-6-10-18)23-24-14-20(15-25-23)22(28)27-17(2)13-19-11-7-8-12-21(19)27/h4-12,14-15,17H,3,13,16H2,1-2H3. The second kappa shape index (κ2) is 7.80. The van der Waals surface area contributed by atoms with Crippen LogP contribution in [0.1, 0.15) is 35.3 Å². The zero-order chi connectivity index (χ0) is 19.5. The summed E-state index contributed by atoms with van der Waals surface area (Å²) in [5.41, 5.74) is 3.92. The second-order valence-corrected chi connectivity index (χ2v) is 7.13. The first-order valence-electron chi connectivity index (χ1n) is 9.69. The SMILES string of the molecule is CCN(Cc1ccccc1)c1ncc(C(=O)N2c3ccccc3CC2C)cn1. The minimum atomic E-state index is -0.0462. The van der Waals surface area contributed by atoms with E-state index in [1.807, 2.05) is 41.3 Å². The molecule has 1 unspecified atom stereocenters. The van der Waals surface area contributed by atoms with Crippen molar-refractivity contribution >= 4 is 17.5 Å². The maximum Gasteiger partial charge on any atom is 0.261 e. The molecule has 142 valence electrons. The number of aromatic nitrogens is 2. The number of benzene rings is 2. The van der Waals surface area contributed by atoms with Gasteiger partial charge >= 0.3 is 0 Å². The second-order valence-electron chi connectivity index (χ2n) is 7.13. The van der Waals surface area contributed by atoms with Crippen LogP contribution in [0.25, 0.3) is 0 Å². The fourth-order valence-electron chi connectivity index (χ4n) is 3.74. The van der Waals surface area contributed by atoms with Crippen molar-refractivity contribution in [2.24, 2.45) is 0 Å². The lowest BCUT2D eigenvalue weighted by atomic mass is 10.1. The van der Waals surface area contributed by atoms with Gasteiger partial charge in [-0.25, -0.2) is 9.97 Å². The van der Waals surface area contributed by atoms with E-state index in [0.29, 0.717) is 11.5 Å². The molecule has 0 saturated heterocycles. The third kappa shape index (κ3) is 3.48. The van der Waals surface area contributed by atoms with Crippen LogP contribution in [-0.4, -0.2) is 28.5 Å². The highest BCUT2D eigenvalue weighted by molar-refractivity contribution is 6.07. The van der Waals surface area contributed by atoms with Crippen molar-refractivity contribution < 1.29 is 4.79 Å². The quantitative estimate of drug-likeness (QED) is 0.677. The molecule has 0 fully saturated rings. The smallest absolute Gasteiger partial charge is 0.261 e. The largest absolute Gasteiger partial charge is 0.337 e. The molecule has 1 amide bonds. The van der Waals surface area contributed by atoms with E-state index in [1.54, 1.807) is 12.4 Å². The molecular weight excluding hydrogens is 348 g/mol. The van der Waals surface area contributed by atoms with Gasteiger partial charge in [0, 0.05) is 37.2 Å². The van der Waals surface area contributed by atoms with E-state index in [0.717, 1.165) is 25.2 Å².